The molecule has 0 radical (unpaired) electrons. The fourth-order valence-electron chi connectivity index (χ4n) is 5.86. The van der Waals surface area contributed by atoms with Crippen LogP contribution < -0.4 is 25.4 Å². The van der Waals surface area contributed by atoms with Crippen LogP contribution in [0.3, 0.4) is 0 Å². The Morgan fingerprint density at radius 2 is 1.76 bits per heavy atom. The monoisotopic (exact) mass is 576 g/mol. The highest BCUT2D eigenvalue weighted by molar-refractivity contribution is 6.32. The van der Waals surface area contributed by atoms with Crippen LogP contribution in [0.4, 0.5) is 11.8 Å². The second-order valence-corrected chi connectivity index (χ2v) is 11.5. The van der Waals surface area contributed by atoms with Crippen molar-refractivity contribution in [3.63, 3.8) is 0 Å². The number of nitrogens with one attached hydrogen (secondary N) is 1. The molecule has 6 rings (SSSR count). The molecule has 10 nitrogen and oxygen atoms in total. The van der Waals surface area contributed by atoms with Crippen LogP contribution in [0.25, 0.3) is 16.9 Å². The highest BCUT2D eigenvalue weighted by Crippen LogP contribution is 2.39. The summed E-state index contributed by atoms with van der Waals surface area (Å²) >= 11 is 6.41. The maximum atomic E-state index is 7.02. The first-order chi connectivity index (χ1) is 19.8. The Labute approximate surface area is 245 Å². The standard InChI is InChI=1S/C30H37ClN8O2/c1-37-12-14-38(15-13-37)27-6-10-33-29(36-27)34-21-4-8-30(32,9-5-21)20-7-11-39-19-24(35-28(39)16-20)22-17-23(31)26(41-3)18-25(22)40-2/h6-7,10-11,16-19,21H,4-5,8-9,12-15,32H2,1-3H3,(H,33,34,36). The van der Waals surface area contributed by atoms with Crippen molar-refractivity contribution < 1.29 is 9.47 Å². The minimum absolute atomic E-state index is 0.281. The molecule has 1 saturated carbocycles. The van der Waals surface area contributed by atoms with Crippen molar-refractivity contribution in [2.45, 2.75) is 37.3 Å². The van der Waals surface area contributed by atoms with Gasteiger partial charge in [-0.25, -0.2) is 9.97 Å². The Hall–Kier alpha value is -3.60. The number of nitrogens with two attached hydrogens (primary N) is 1. The van der Waals surface area contributed by atoms with Crippen molar-refractivity contribution in [2.75, 3.05) is 57.7 Å². The van der Waals surface area contributed by atoms with Gasteiger partial charge in [0.25, 0.3) is 0 Å². The summed E-state index contributed by atoms with van der Waals surface area (Å²) in [5.41, 5.74) is 10.1. The Kier molecular flexibility index (Phi) is 7.63. The van der Waals surface area contributed by atoms with Crippen LogP contribution in [-0.4, -0.2) is 77.7 Å². The van der Waals surface area contributed by atoms with E-state index < -0.39 is 5.54 Å². The molecule has 1 aliphatic heterocycles. The molecule has 2 fully saturated rings. The number of hydrogen-bond acceptors (Lipinski definition) is 9. The smallest absolute Gasteiger partial charge is 0.224 e. The van der Waals surface area contributed by atoms with E-state index in [-0.39, 0.29) is 6.04 Å². The van der Waals surface area contributed by atoms with Gasteiger partial charge >= 0.3 is 0 Å². The number of pyridine rings is 1. The SMILES string of the molecule is COc1cc(OC)c(-c2cn3ccc(C4(N)CCC(Nc5nccc(N6CCN(C)CC6)n5)CC4)cc3n2)cc1Cl. The molecule has 4 aromatic rings. The first-order valence-electron chi connectivity index (χ1n) is 14.1. The van der Waals surface area contributed by atoms with Crippen molar-refractivity contribution in [3.8, 4) is 22.8 Å². The lowest BCUT2D eigenvalue weighted by atomic mass is 9.76. The number of halogens is 1. The highest BCUT2D eigenvalue weighted by Gasteiger charge is 2.34. The first kappa shape index (κ1) is 27.6. The van der Waals surface area contributed by atoms with Crippen molar-refractivity contribution >= 4 is 29.0 Å². The van der Waals surface area contributed by atoms with Crippen LogP contribution in [0.15, 0.2) is 48.9 Å². The lowest BCUT2D eigenvalue weighted by Gasteiger charge is -2.38. The molecular formula is C30H37ClN8O2. The molecular weight excluding hydrogens is 540 g/mol. The molecule has 1 aromatic carbocycles. The second kappa shape index (κ2) is 11.3. The molecule has 1 aliphatic carbocycles. The van der Waals surface area contributed by atoms with Gasteiger partial charge < -0.3 is 34.7 Å². The van der Waals surface area contributed by atoms with E-state index in [4.69, 9.17) is 36.8 Å². The maximum absolute atomic E-state index is 7.02. The van der Waals surface area contributed by atoms with Gasteiger partial charge in [-0.15, -0.1) is 0 Å². The molecule has 3 aromatic heterocycles. The molecule has 0 spiro atoms. The van der Waals surface area contributed by atoms with E-state index in [1.165, 1.54) is 0 Å². The molecule has 11 heteroatoms. The quantitative estimate of drug-likeness (QED) is 0.330. The first-order valence-corrected chi connectivity index (χ1v) is 14.5. The normalized spacial score (nSPS) is 21.7. The van der Waals surface area contributed by atoms with Crippen LogP contribution in [-0.2, 0) is 5.54 Å². The number of hydrogen-bond donors (Lipinski definition) is 2. The summed E-state index contributed by atoms with van der Waals surface area (Å²) in [6.07, 6.45) is 9.43. The summed E-state index contributed by atoms with van der Waals surface area (Å²) in [5.74, 6) is 2.88. The number of fused-ring (bicyclic) bond motifs is 1. The Bertz CT molecular complexity index is 1530. The Morgan fingerprint density at radius 1 is 1.00 bits per heavy atom. The van der Waals surface area contributed by atoms with Gasteiger partial charge in [0, 0.05) is 68.0 Å². The number of nitrogens with zero attached hydrogens (tertiary/aromatic N) is 6. The summed E-state index contributed by atoms with van der Waals surface area (Å²) < 4.78 is 12.9. The van der Waals surface area contributed by atoms with Crippen LogP contribution in [0.1, 0.15) is 31.2 Å². The molecule has 1 saturated heterocycles. The molecule has 41 heavy (non-hydrogen) atoms. The number of anilines is 2. The predicted molar refractivity (Wildman–Crippen MR) is 162 cm³/mol. The van der Waals surface area contributed by atoms with Crippen molar-refractivity contribution in [2.24, 2.45) is 5.73 Å². The average molecular weight is 577 g/mol. The van der Waals surface area contributed by atoms with Crippen molar-refractivity contribution in [3.05, 3.63) is 59.5 Å². The number of benzene rings is 1. The third-order valence-electron chi connectivity index (χ3n) is 8.46. The van der Waals surface area contributed by atoms with E-state index >= 15 is 0 Å². The average Bonchev–Trinajstić information content (AvgIpc) is 3.42. The summed E-state index contributed by atoms with van der Waals surface area (Å²) in [4.78, 5) is 18.9. The second-order valence-electron chi connectivity index (χ2n) is 11.1. The van der Waals surface area contributed by atoms with Crippen molar-refractivity contribution in [1.29, 1.82) is 0 Å². The molecule has 216 valence electrons. The van der Waals surface area contributed by atoms with Gasteiger partial charge in [-0.3, -0.25) is 0 Å². The van der Waals surface area contributed by atoms with Crippen LogP contribution in [0.5, 0.6) is 11.5 Å². The molecule has 3 N–H and O–H groups in total. The molecule has 0 atom stereocenters. The van der Waals surface area contributed by atoms with E-state index in [9.17, 15) is 0 Å². The van der Waals surface area contributed by atoms with Gasteiger partial charge in [0.2, 0.25) is 5.95 Å². The van der Waals surface area contributed by atoms with E-state index in [0.29, 0.717) is 22.5 Å². The molecule has 2 aliphatic rings. The van der Waals surface area contributed by atoms with Crippen LogP contribution >= 0.6 is 11.6 Å². The van der Waals surface area contributed by atoms with E-state index in [2.05, 4.69) is 39.3 Å². The number of likely N-dealkylation sites (N-methyl/N-ethyl adjacent to an activating group) is 1. The number of ether oxygens (including phenoxy) is 2. The highest BCUT2D eigenvalue weighted by atomic mass is 35.5. The largest absolute Gasteiger partial charge is 0.496 e. The molecule has 0 unspecified atom stereocenters. The fourth-order valence-corrected chi connectivity index (χ4v) is 6.10. The fraction of sp³-hybridized carbons (Fsp3) is 0.433. The number of methoxy groups -OCH3 is 2. The molecule has 0 bridgehead atoms. The van der Waals surface area contributed by atoms with Gasteiger partial charge in [-0.1, -0.05) is 11.6 Å². The molecule has 0 amide bonds. The summed E-state index contributed by atoms with van der Waals surface area (Å²) in [5, 5.41) is 4.07. The number of piperazine rings is 1. The van der Waals surface area contributed by atoms with Crippen molar-refractivity contribution in [1.82, 2.24) is 24.3 Å². The van der Waals surface area contributed by atoms with Gasteiger partial charge in [-0.2, -0.15) is 4.98 Å². The summed E-state index contributed by atoms with van der Waals surface area (Å²) in [6, 6.07) is 10.1. The van der Waals surface area contributed by atoms with E-state index in [1.807, 2.05) is 35.1 Å². The third kappa shape index (κ3) is 5.64. The van der Waals surface area contributed by atoms with Gasteiger partial charge in [-0.05, 0) is 62.6 Å². The minimum Gasteiger partial charge on any atom is -0.496 e. The van der Waals surface area contributed by atoms with Crippen LogP contribution in [0, 0.1) is 0 Å². The van der Waals surface area contributed by atoms with Gasteiger partial charge in [0.15, 0.2) is 0 Å². The zero-order valence-corrected chi connectivity index (χ0v) is 24.6. The van der Waals surface area contributed by atoms with Gasteiger partial charge in [0.1, 0.15) is 23.0 Å². The number of aromatic nitrogens is 4. The maximum Gasteiger partial charge on any atom is 0.224 e. The third-order valence-corrected chi connectivity index (χ3v) is 8.76. The zero-order valence-electron chi connectivity index (χ0n) is 23.8. The molecule has 4 heterocycles. The van der Waals surface area contributed by atoms with E-state index in [0.717, 1.165) is 80.1 Å². The zero-order chi connectivity index (χ0) is 28.6. The number of rotatable bonds is 7. The number of imidazole rings is 1. The topological polar surface area (TPSA) is 106 Å². The Balaban J connectivity index is 1.14. The minimum atomic E-state index is -0.421. The predicted octanol–water partition coefficient (Wildman–Crippen LogP) is 4.42. The Morgan fingerprint density at radius 3 is 2.49 bits per heavy atom. The van der Waals surface area contributed by atoms with Gasteiger partial charge in [0.05, 0.1) is 24.9 Å². The lowest BCUT2D eigenvalue weighted by molar-refractivity contribution is 0.286. The lowest BCUT2D eigenvalue weighted by Crippen LogP contribution is -2.45. The summed E-state index contributed by atoms with van der Waals surface area (Å²) in [7, 11) is 5.37. The summed E-state index contributed by atoms with van der Waals surface area (Å²) in [6.45, 7) is 4.05. The van der Waals surface area contributed by atoms with Crippen LogP contribution in [0.2, 0.25) is 5.02 Å². The van der Waals surface area contributed by atoms with E-state index in [1.54, 1.807) is 20.3 Å².